The van der Waals surface area contributed by atoms with Gasteiger partial charge in [-0.15, -0.1) is 6.58 Å². The van der Waals surface area contributed by atoms with Crippen LogP contribution in [0.15, 0.2) is 90.7 Å². The highest BCUT2D eigenvalue weighted by molar-refractivity contribution is 6.07. The number of aliphatic hydroxyl groups excluding tert-OH is 1. The molecule has 3 atom stereocenters. The van der Waals surface area contributed by atoms with E-state index in [0.29, 0.717) is 5.92 Å². The highest BCUT2D eigenvalue weighted by Crippen LogP contribution is 2.55. The lowest BCUT2D eigenvalue weighted by atomic mass is 9.75. The normalized spacial score (nSPS) is 21.4. The van der Waals surface area contributed by atoms with E-state index in [0.717, 1.165) is 23.1 Å². The van der Waals surface area contributed by atoms with Crippen LogP contribution in [0.3, 0.4) is 0 Å². The van der Waals surface area contributed by atoms with Crippen molar-refractivity contribution in [3.05, 3.63) is 102 Å². The SMILES string of the molecule is C=CCC1C(C(O)OC)c2cc3ccccc3c3c2C(=C(C)/C(=C\C(C)C)N3c2ccccc2)N1C. The first kappa shape index (κ1) is 24.4. The summed E-state index contributed by atoms with van der Waals surface area (Å²) in [6.07, 6.45) is 4.13. The molecule has 0 radical (unpaired) electrons. The minimum atomic E-state index is -0.928. The van der Waals surface area contributed by atoms with Gasteiger partial charge in [0.15, 0.2) is 6.29 Å². The Bertz CT molecular complexity index is 1360. The second-order valence-electron chi connectivity index (χ2n) is 10.2. The highest BCUT2D eigenvalue weighted by atomic mass is 16.6. The lowest BCUT2D eigenvalue weighted by Crippen LogP contribution is -2.47. The standard InChI is InChI=1S/C32H36N2O2/c1-7-13-26-28(32(35)36-6)25-19-22-14-11-12-17-24(22)31-29(25)30(33(26)5)21(4)27(18-20(2)3)34(31)23-15-9-8-10-16-23/h7-12,14-20,26,28,32,35H,1,13H2,2-6H3/b27-18+. The van der Waals surface area contributed by atoms with Gasteiger partial charge in [-0.25, -0.2) is 0 Å². The Balaban J connectivity index is 1.96. The van der Waals surface area contributed by atoms with Gasteiger partial charge in [-0.3, -0.25) is 0 Å². The van der Waals surface area contributed by atoms with E-state index in [-0.39, 0.29) is 12.0 Å². The van der Waals surface area contributed by atoms with Crippen LogP contribution in [0.1, 0.15) is 44.2 Å². The van der Waals surface area contributed by atoms with Crippen LogP contribution in [0.5, 0.6) is 0 Å². The van der Waals surface area contributed by atoms with Gasteiger partial charge in [-0.1, -0.05) is 68.5 Å². The summed E-state index contributed by atoms with van der Waals surface area (Å²) in [7, 11) is 3.73. The average Bonchev–Trinajstić information content (AvgIpc) is 2.88. The summed E-state index contributed by atoms with van der Waals surface area (Å²) in [5.74, 6) is 0.153. The first-order valence-electron chi connectivity index (χ1n) is 12.8. The molecule has 2 heterocycles. The molecule has 5 rings (SSSR count). The van der Waals surface area contributed by atoms with Crippen molar-refractivity contribution in [1.29, 1.82) is 0 Å². The van der Waals surface area contributed by atoms with Gasteiger partial charge in [0.25, 0.3) is 0 Å². The first-order chi connectivity index (χ1) is 17.4. The minimum Gasteiger partial charge on any atom is -0.370 e. The highest BCUT2D eigenvalue weighted by Gasteiger charge is 2.45. The largest absolute Gasteiger partial charge is 0.370 e. The van der Waals surface area contributed by atoms with E-state index in [4.69, 9.17) is 4.74 Å². The number of methoxy groups -OCH3 is 1. The second kappa shape index (κ2) is 9.61. The number of nitrogens with zero attached hydrogens (tertiary/aromatic N) is 2. The Kier molecular flexibility index (Phi) is 6.50. The van der Waals surface area contributed by atoms with E-state index in [2.05, 4.69) is 111 Å². The van der Waals surface area contributed by atoms with Gasteiger partial charge in [0.1, 0.15) is 0 Å². The maximum atomic E-state index is 11.2. The van der Waals surface area contributed by atoms with Gasteiger partial charge >= 0.3 is 0 Å². The molecule has 4 nitrogen and oxygen atoms in total. The molecule has 4 heteroatoms. The van der Waals surface area contributed by atoms with Crippen molar-refractivity contribution in [3.63, 3.8) is 0 Å². The van der Waals surface area contributed by atoms with Crippen molar-refractivity contribution >= 4 is 27.8 Å². The molecule has 0 spiro atoms. The quantitative estimate of drug-likeness (QED) is 0.299. The van der Waals surface area contributed by atoms with Crippen molar-refractivity contribution in [2.75, 3.05) is 19.1 Å². The smallest absolute Gasteiger partial charge is 0.163 e. The van der Waals surface area contributed by atoms with Crippen molar-refractivity contribution in [1.82, 2.24) is 4.90 Å². The van der Waals surface area contributed by atoms with Crippen molar-refractivity contribution in [2.24, 2.45) is 5.92 Å². The maximum Gasteiger partial charge on any atom is 0.163 e. The molecule has 36 heavy (non-hydrogen) atoms. The van der Waals surface area contributed by atoms with Crippen LogP contribution >= 0.6 is 0 Å². The van der Waals surface area contributed by atoms with E-state index in [1.807, 2.05) is 6.08 Å². The van der Waals surface area contributed by atoms with Crippen LogP contribution in [0.2, 0.25) is 0 Å². The number of likely N-dealkylation sites (N-methyl/N-ethyl adjacent to an activating group) is 1. The van der Waals surface area contributed by atoms with E-state index >= 15 is 0 Å². The third-order valence-corrected chi connectivity index (χ3v) is 7.58. The van der Waals surface area contributed by atoms with Gasteiger partial charge in [-0.2, -0.15) is 0 Å². The summed E-state index contributed by atoms with van der Waals surface area (Å²) in [5.41, 5.74) is 8.26. The van der Waals surface area contributed by atoms with Gasteiger partial charge < -0.3 is 19.6 Å². The zero-order valence-corrected chi connectivity index (χ0v) is 21.9. The monoisotopic (exact) mass is 480 g/mol. The zero-order valence-electron chi connectivity index (χ0n) is 21.9. The molecule has 0 saturated carbocycles. The molecule has 0 fully saturated rings. The third-order valence-electron chi connectivity index (χ3n) is 7.58. The Hall–Kier alpha value is -3.34. The molecule has 186 valence electrons. The number of benzene rings is 3. The number of hydrogen-bond donors (Lipinski definition) is 1. The van der Waals surface area contributed by atoms with Crippen LogP contribution in [0, 0.1) is 5.92 Å². The minimum absolute atomic E-state index is 0.0208. The fourth-order valence-corrected chi connectivity index (χ4v) is 6.07. The van der Waals surface area contributed by atoms with Crippen LogP contribution in [-0.2, 0) is 4.74 Å². The van der Waals surface area contributed by atoms with Gasteiger partial charge in [0.2, 0.25) is 0 Å². The Morgan fingerprint density at radius 3 is 2.44 bits per heavy atom. The van der Waals surface area contributed by atoms with E-state index in [9.17, 15) is 5.11 Å². The Labute approximate surface area is 214 Å². The average molecular weight is 481 g/mol. The summed E-state index contributed by atoms with van der Waals surface area (Å²) in [6.45, 7) is 10.7. The van der Waals surface area contributed by atoms with Crippen molar-refractivity contribution in [2.45, 2.75) is 45.4 Å². The Morgan fingerprint density at radius 2 is 1.78 bits per heavy atom. The zero-order chi connectivity index (χ0) is 25.6. The fraction of sp³-hybridized carbons (Fsp3) is 0.312. The number of rotatable bonds is 6. The van der Waals surface area contributed by atoms with E-state index < -0.39 is 6.29 Å². The predicted octanol–water partition coefficient (Wildman–Crippen LogP) is 7.20. The number of hydrogen-bond acceptors (Lipinski definition) is 4. The summed E-state index contributed by atoms with van der Waals surface area (Å²) in [4.78, 5) is 4.76. The number of ether oxygens (including phenoxy) is 1. The predicted molar refractivity (Wildman–Crippen MR) is 150 cm³/mol. The molecule has 0 saturated heterocycles. The van der Waals surface area contributed by atoms with Gasteiger partial charge in [0.05, 0.1) is 17.3 Å². The van der Waals surface area contributed by atoms with Crippen LogP contribution in [0.4, 0.5) is 11.4 Å². The van der Waals surface area contributed by atoms with Crippen LogP contribution in [0.25, 0.3) is 16.5 Å². The van der Waals surface area contributed by atoms with E-state index in [1.165, 1.54) is 33.6 Å². The van der Waals surface area contributed by atoms with E-state index in [1.54, 1.807) is 7.11 Å². The number of anilines is 2. The molecule has 3 aromatic rings. The van der Waals surface area contributed by atoms with Gasteiger partial charge in [-0.05, 0) is 54.0 Å². The second-order valence-corrected chi connectivity index (χ2v) is 10.2. The molecule has 3 aromatic carbocycles. The first-order valence-corrected chi connectivity index (χ1v) is 12.8. The van der Waals surface area contributed by atoms with Crippen molar-refractivity contribution < 1.29 is 9.84 Å². The fourth-order valence-electron chi connectivity index (χ4n) is 6.07. The summed E-state index contributed by atoms with van der Waals surface area (Å²) in [6, 6.07) is 21.5. The molecule has 1 N–H and O–H groups in total. The maximum absolute atomic E-state index is 11.2. The number of allylic oxidation sites excluding steroid dienone is 2. The molecule has 2 aliphatic heterocycles. The summed E-state index contributed by atoms with van der Waals surface area (Å²) >= 11 is 0. The number of para-hydroxylation sites is 1. The molecular weight excluding hydrogens is 444 g/mol. The third kappa shape index (κ3) is 3.76. The molecular formula is C32H36N2O2. The number of aliphatic hydroxyl groups is 1. The summed E-state index contributed by atoms with van der Waals surface area (Å²) in [5, 5.41) is 13.5. The molecule has 2 aliphatic rings. The molecule has 3 unspecified atom stereocenters. The lowest BCUT2D eigenvalue weighted by Gasteiger charge is -2.49. The lowest BCUT2D eigenvalue weighted by molar-refractivity contribution is -0.104. The molecule has 0 aromatic heterocycles. The van der Waals surface area contributed by atoms with Crippen molar-refractivity contribution in [3.8, 4) is 0 Å². The number of fused-ring (bicyclic) bond motifs is 2. The van der Waals surface area contributed by atoms with Crippen LogP contribution in [-0.4, -0.2) is 36.5 Å². The molecule has 0 amide bonds. The molecule has 0 bridgehead atoms. The molecule has 0 aliphatic carbocycles. The van der Waals surface area contributed by atoms with Gasteiger partial charge in [0, 0.05) is 42.5 Å². The van der Waals surface area contributed by atoms with Crippen LogP contribution < -0.4 is 4.90 Å². The summed E-state index contributed by atoms with van der Waals surface area (Å²) < 4.78 is 5.58. The Morgan fingerprint density at radius 1 is 1.08 bits per heavy atom. The topological polar surface area (TPSA) is 35.9 Å².